The first-order valence-electron chi connectivity index (χ1n) is 9.85. The number of benzene rings is 1. The Balaban J connectivity index is 1.32. The SMILES string of the molecule is Cc1cc(Cl)cc2[nH]c(-c3ccc(NCCCN4CCN(C)CC4)nc3)nc12. The van der Waals surface area contributed by atoms with Gasteiger partial charge < -0.3 is 20.1 Å². The minimum atomic E-state index is 0.717. The van der Waals surface area contributed by atoms with E-state index < -0.39 is 0 Å². The molecule has 3 heterocycles. The van der Waals surface area contributed by atoms with Gasteiger partial charge in [-0.05, 0) is 56.8 Å². The molecule has 0 unspecified atom stereocenters. The summed E-state index contributed by atoms with van der Waals surface area (Å²) in [6, 6.07) is 7.90. The number of aryl methyl sites for hydroxylation is 1. The van der Waals surface area contributed by atoms with Crippen LogP contribution in [0, 0.1) is 6.92 Å². The Morgan fingerprint density at radius 3 is 2.75 bits per heavy atom. The summed E-state index contributed by atoms with van der Waals surface area (Å²) in [5.41, 5.74) is 3.93. The van der Waals surface area contributed by atoms with Crippen molar-refractivity contribution in [2.24, 2.45) is 0 Å². The van der Waals surface area contributed by atoms with Gasteiger partial charge in [-0.2, -0.15) is 0 Å². The number of pyridine rings is 1. The van der Waals surface area contributed by atoms with E-state index in [0.717, 1.165) is 58.3 Å². The third-order valence-electron chi connectivity index (χ3n) is 5.33. The summed E-state index contributed by atoms with van der Waals surface area (Å²) < 4.78 is 0. The lowest BCUT2D eigenvalue weighted by Crippen LogP contribution is -2.44. The Hall–Kier alpha value is -2.15. The molecule has 1 aromatic carbocycles. The van der Waals surface area contributed by atoms with Crippen LogP contribution in [0.5, 0.6) is 0 Å². The van der Waals surface area contributed by atoms with Crippen molar-refractivity contribution in [3.63, 3.8) is 0 Å². The van der Waals surface area contributed by atoms with Gasteiger partial charge in [0.25, 0.3) is 0 Å². The van der Waals surface area contributed by atoms with E-state index in [1.807, 2.05) is 37.4 Å². The van der Waals surface area contributed by atoms with Crippen molar-refractivity contribution in [2.45, 2.75) is 13.3 Å². The van der Waals surface area contributed by atoms with E-state index in [-0.39, 0.29) is 0 Å². The number of piperazine rings is 1. The summed E-state index contributed by atoms with van der Waals surface area (Å²) >= 11 is 6.14. The number of aromatic amines is 1. The van der Waals surface area contributed by atoms with Crippen molar-refractivity contribution in [1.29, 1.82) is 0 Å². The van der Waals surface area contributed by atoms with Gasteiger partial charge in [0.2, 0.25) is 0 Å². The van der Waals surface area contributed by atoms with E-state index in [0.29, 0.717) is 0 Å². The van der Waals surface area contributed by atoms with Gasteiger partial charge in [0.15, 0.2) is 0 Å². The van der Waals surface area contributed by atoms with Crippen LogP contribution >= 0.6 is 11.6 Å². The van der Waals surface area contributed by atoms with Crippen LogP contribution in [0.4, 0.5) is 5.82 Å². The van der Waals surface area contributed by atoms with Crippen LogP contribution in [-0.4, -0.2) is 71.1 Å². The topological polar surface area (TPSA) is 60.1 Å². The van der Waals surface area contributed by atoms with Gasteiger partial charge in [-0.3, -0.25) is 0 Å². The summed E-state index contributed by atoms with van der Waals surface area (Å²) in [4.78, 5) is 17.5. The molecule has 3 aromatic rings. The Labute approximate surface area is 170 Å². The summed E-state index contributed by atoms with van der Waals surface area (Å²) in [5.74, 6) is 1.71. The molecule has 0 bridgehead atoms. The molecule has 0 aliphatic carbocycles. The predicted molar refractivity (Wildman–Crippen MR) is 116 cm³/mol. The molecule has 1 saturated heterocycles. The molecule has 2 aromatic heterocycles. The van der Waals surface area contributed by atoms with Crippen molar-refractivity contribution in [3.8, 4) is 11.4 Å². The molecular formula is C21H27ClN6. The van der Waals surface area contributed by atoms with E-state index >= 15 is 0 Å². The number of nitrogens with zero attached hydrogens (tertiary/aromatic N) is 4. The van der Waals surface area contributed by atoms with Crippen molar-refractivity contribution in [2.75, 3.05) is 51.6 Å². The number of aromatic nitrogens is 3. The highest BCUT2D eigenvalue weighted by molar-refractivity contribution is 6.31. The first-order valence-corrected chi connectivity index (χ1v) is 10.2. The number of nitrogens with one attached hydrogen (secondary N) is 2. The van der Waals surface area contributed by atoms with Crippen LogP contribution in [0.25, 0.3) is 22.4 Å². The zero-order chi connectivity index (χ0) is 19.5. The zero-order valence-corrected chi connectivity index (χ0v) is 17.3. The second-order valence-electron chi connectivity index (χ2n) is 7.56. The van der Waals surface area contributed by atoms with E-state index in [2.05, 4.69) is 32.1 Å². The molecule has 7 heteroatoms. The fourth-order valence-corrected chi connectivity index (χ4v) is 3.89. The fourth-order valence-electron chi connectivity index (χ4n) is 3.61. The Bertz CT molecular complexity index is 928. The van der Waals surface area contributed by atoms with Crippen molar-refractivity contribution >= 4 is 28.5 Å². The van der Waals surface area contributed by atoms with Crippen molar-refractivity contribution in [1.82, 2.24) is 24.8 Å². The lowest BCUT2D eigenvalue weighted by molar-refractivity contribution is 0.154. The molecule has 28 heavy (non-hydrogen) atoms. The molecule has 2 N–H and O–H groups in total. The van der Waals surface area contributed by atoms with Crippen LogP contribution in [0.3, 0.4) is 0 Å². The molecule has 6 nitrogen and oxygen atoms in total. The van der Waals surface area contributed by atoms with Crippen LogP contribution in [0.2, 0.25) is 5.02 Å². The quantitative estimate of drug-likeness (QED) is 0.621. The third-order valence-corrected chi connectivity index (χ3v) is 5.55. The third kappa shape index (κ3) is 4.46. The number of anilines is 1. The molecule has 4 rings (SSSR count). The number of rotatable bonds is 6. The molecule has 1 fully saturated rings. The van der Waals surface area contributed by atoms with Crippen molar-refractivity contribution < 1.29 is 0 Å². The molecule has 0 radical (unpaired) electrons. The summed E-state index contributed by atoms with van der Waals surface area (Å²) in [7, 11) is 2.19. The number of likely N-dealkylation sites (N-methyl/N-ethyl adjacent to an activating group) is 1. The highest BCUT2D eigenvalue weighted by Crippen LogP contribution is 2.25. The van der Waals surface area contributed by atoms with E-state index in [4.69, 9.17) is 16.6 Å². The van der Waals surface area contributed by atoms with Crippen LogP contribution in [-0.2, 0) is 0 Å². The Kier molecular flexibility index (Phi) is 5.80. The minimum absolute atomic E-state index is 0.717. The number of imidazole rings is 1. The van der Waals surface area contributed by atoms with E-state index in [9.17, 15) is 0 Å². The molecule has 1 aliphatic heterocycles. The highest BCUT2D eigenvalue weighted by atomic mass is 35.5. The lowest BCUT2D eigenvalue weighted by Gasteiger charge is -2.32. The van der Waals surface area contributed by atoms with E-state index in [1.165, 1.54) is 26.2 Å². The van der Waals surface area contributed by atoms with Gasteiger partial charge in [0.05, 0.1) is 11.0 Å². The van der Waals surface area contributed by atoms with Crippen molar-refractivity contribution in [3.05, 3.63) is 41.0 Å². The number of hydrogen-bond donors (Lipinski definition) is 2. The summed E-state index contributed by atoms with van der Waals surface area (Å²) in [5, 5.41) is 4.14. The fraction of sp³-hybridized carbons (Fsp3) is 0.429. The summed E-state index contributed by atoms with van der Waals surface area (Å²) in [6.45, 7) is 8.78. The standard InChI is InChI=1S/C21H27ClN6/c1-15-12-17(22)13-18-20(15)26-21(25-18)16-4-5-19(24-14-16)23-6-3-7-28-10-8-27(2)9-11-28/h4-5,12-14H,3,6-11H2,1-2H3,(H,23,24)(H,25,26). The normalized spacial score (nSPS) is 16.0. The largest absolute Gasteiger partial charge is 0.370 e. The van der Waals surface area contributed by atoms with Gasteiger partial charge >= 0.3 is 0 Å². The molecule has 0 saturated carbocycles. The second-order valence-corrected chi connectivity index (χ2v) is 8.00. The van der Waals surface area contributed by atoms with Gasteiger partial charge in [0, 0.05) is 49.5 Å². The van der Waals surface area contributed by atoms with Gasteiger partial charge in [0.1, 0.15) is 11.6 Å². The minimum Gasteiger partial charge on any atom is -0.370 e. The molecular weight excluding hydrogens is 372 g/mol. The maximum Gasteiger partial charge on any atom is 0.140 e. The second kappa shape index (κ2) is 8.47. The first-order chi connectivity index (χ1) is 13.6. The molecule has 0 spiro atoms. The average Bonchev–Trinajstić information content (AvgIpc) is 3.11. The Morgan fingerprint density at radius 2 is 2.00 bits per heavy atom. The molecule has 0 amide bonds. The van der Waals surface area contributed by atoms with Crippen LogP contribution in [0.15, 0.2) is 30.5 Å². The maximum absolute atomic E-state index is 6.14. The van der Waals surface area contributed by atoms with Gasteiger partial charge in [-0.15, -0.1) is 0 Å². The zero-order valence-electron chi connectivity index (χ0n) is 16.5. The molecule has 1 aliphatic rings. The predicted octanol–water partition coefficient (Wildman–Crippen LogP) is 3.64. The maximum atomic E-state index is 6.14. The number of fused-ring (bicyclic) bond motifs is 1. The lowest BCUT2D eigenvalue weighted by atomic mass is 10.2. The van der Waals surface area contributed by atoms with Gasteiger partial charge in [-0.1, -0.05) is 11.6 Å². The van der Waals surface area contributed by atoms with Gasteiger partial charge in [-0.25, -0.2) is 9.97 Å². The van der Waals surface area contributed by atoms with Crippen LogP contribution < -0.4 is 5.32 Å². The summed E-state index contributed by atoms with van der Waals surface area (Å²) in [6.07, 6.45) is 2.98. The first kappa shape index (κ1) is 19.2. The Morgan fingerprint density at radius 1 is 1.18 bits per heavy atom. The number of halogens is 1. The average molecular weight is 399 g/mol. The monoisotopic (exact) mass is 398 g/mol. The highest BCUT2D eigenvalue weighted by Gasteiger charge is 2.13. The van der Waals surface area contributed by atoms with Crippen LogP contribution in [0.1, 0.15) is 12.0 Å². The smallest absolute Gasteiger partial charge is 0.140 e. The molecule has 148 valence electrons. The number of hydrogen-bond acceptors (Lipinski definition) is 5. The number of H-pyrrole nitrogens is 1. The van der Waals surface area contributed by atoms with E-state index in [1.54, 1.807) is 0 Å². The molecule has 0 atom stereocenters.